The number of amides is 9. The molecule has 0 spiro atoms. The Morgan fingerprint density at radius 3 is 1.19 bits per heavy atom. The first kappa shape index (κ1) is 104. The molecule has 2 aliphatic heterocycles. The van der Waals surface area contributed by atoms with E-state index < -0.39 is 113 Å². The van der Waals surface area contributed by atoms with Gasteiger partial charge in [-0.05, 0) is 115 Å². The molecular weight excluding hydrogens is 1660 g/mol. The summed E-state index contributed by atoms with van der Waals surface area (Å²) in [6.07, 6.45) is 3.82. The van der Waals surface area contributed by atoms with Crippen molar-refractivity contribution in [2.45, 2.75) is 188 Å². The number of rotatable bonds is 48. The van der Waals surface area contributed by atoms with Gasteiger partial charge in [0.2, 0.25) is 23.7 Å². The molecule has 6 heterocycles. The number of esters is 2. The Labute approximate surface area is 731 Å². The number of hydrogen-bond donors (Lipinski definition) is 7. The molecule has 44 heteroatoms. The van der Waals surface area contributed by atoms with Crippen LogP contribution in [0.15, 0.2) is 94.8 Å². The molecule has 674 valence electrons. The number of fused-ring (bicyclic) bond motifs is 2. The Hall–Kier alpha value is -12.4. The molecular formula is C82H100F3LiN16O24. The molecule has 2 aliphatic rings. The number of ketones is 4. The van der Waals surface area contributed by atoms with Gasteiger partial charge in [0.1, 0.15) is 35.2 Å². The van der Waals surface area contributed by atoms with Crippen LogP contribution in [0.3, 0.4) is 0 Å². The third-order valence-corrected chi connectivity index (χ3v) is 18.6. The zero-order valence-electron chi connectivity index (χ0n) is 71.4. The summed E-state index contributed by atoms with van der Waals surface area (Å²) in [5.74, 6) is -11.3. The van der Waals surface area contributed by atoms with Crippen LogP contribution in [0.2, 0.25) is 0 Å². The van der Waals surface area contributed by atoms with E-state index in [9.17, 15) is 94.7 Å². The number of ether oxygens (including phenoxy) is 6. The first-order valence-corrected chi connectivity index (χ1v) is 39.6. The van der Waals surface area contributed by atoms with Gasteiger partial charge in [-0.1, -0.05) is 27.7 Å². The minimum Gasteiger partial charge on any atom is -0.870 e. The van der Waals surface area contributed by atoms with Gasteiger partial charge in [-0.25, -0.2) is 29.5 Å². The van der Waals surface area contributed by atoms with Gasteiger partial charge in [-0.15, -0.1) is 0 Å². The summed E-state index contributed by atoms with van der Waals surface area (Å²) in [5.41, 5.74) is -1.26. The molecule has 8 rings (SSSR count). The number of aromatic amines is 2. The van der Waals surface area contributed by atoms with Crippen molar-refractivity contribution in [3.8, 4) is 0 Å². The van der Waals surface area contributed by atoms with Crippen LogP contribution in [-0.2, 0) is 104 Å². The standard InChI is InChI=1S/C42H49F3N8O12.C40H50N8O11.Li.H2O/c1-24(2)35(58)50-40-49-34-33(37(60)51-40)47-26(22-46-34)23-53(39(62)42(43,44)45)27-12-10-25(11-13-27)36(59)48-30(38(61)63-5)15-14-28(54)8-6-20-64-41(3,4)65-21-7-9-29(55)18-19-52-31(56)16-17-32(52)57;1-24(2)35(53)46-39-45-34-33(37(55)47-39)43-27(23-42-34)22-41-26-12-10-25(11-13-26)36(54)44-30(38(56)57-5)15-14-28(49)8-6-20-58-40(3,4)59-21-7-9-29(50)18-19-48-31(51)16-17-32(48)52;;/h10-13,16-17,22,24,30H,6-9,14-15,18-21,23H2,1-5H3,(H,48,59)(H2,46,49,50,51,58,60);10-13,16-17,23-24,30,41H,6-9,14-15,18-22H2,1-5H3,(H,44,54)(H2,42,45,46,47,53,55);;1H2/q;;+1;/p-1/t2*30-;;/m00../s1. The van der Waals surface area contributed by atoms with Crippen molar-refractivity contribution in [3.05, 3.63) is 128 Å². The molecule has 2 aromatic carbocycles. The van der Waals surface area contributed by atoms with Crippen molar-refractivity contribution < 1.29 is 138 Å². The topological polar surface area (TPSA) is 554 Å². The number of alkyl halides is 3. The fourth-order valence-electron chi connectivity index (χ4n) is 11.6. The van der Waals surface area contributed by atoms with E-state index >= 15 is 0 Å². The van der Waals surface area contributed by atoms with Gasteiger partial charge in [-0.2, -0.15) is 23.1 Å². The second-order valence-corrected chi connectivity index (χ2v) is 29.8. The average molecular weight is 1760 g/mol. The molecule has 126 heavy (non-hydrogen) atoms. The van der Waals surface area contributed by atoms with Crippen LogP contribution in [-0.4, -0.2) is 227 Å². The number of nitrogens with zero attached hydrogens (tertiary/aromatic N) is 9. The van der Waals surface area contributed by atoms with Crippen molar-refractivity contribution in [2.24, 2.45) is 11.8 Å². The van der Waals surface area contributed by atoms with E-state index in [4.69, 9.17) is 28.4 Å². The number of H-pyrrole nitrogens is 2. The number of anilines is 4. The normalized spacial score (nSPS) is 13.0. The molecule has 0 saturated carbocycles. The minimum atomic E-state index is -5.35. The molecule has 0 bridgehead atoms. The van der Waals surface area contributed by atoms with Crippen LogP contribution in [0.1, 0.15) is 177 Å². The molecule has 6 aromatic rings. The number of benzene rings is 2. The molecule has 40 nitrogen and oxygen atoms in total. The molecule has 0 radical (unpaired) electrons. The third kappa shape index (κ3) is 33.3. The molecule has 9 amide bonds. The minimum absolute atomic E-state index is 0. The average Bonchev–Trinajstić information content (AvgIpc) is 0.973. The second kappa shape index (κ2) is 49.3. The van der Waals surface area contributed by atoms with E-state index in [1.807, 2.05) is 0 Å². The Bertz CT molecular complexity index is 5080. The van der Waals surface area contributed by atoms with Gasteiger partial charge in [0.05, 0.1) is 77.5 Å². The van der Waals surface area contributed by atoms with Crippen molar-refractivity contribution in [2.75, 3.05) is 74.6 Å². The fourth-order valence-corrected chi connectivity index (χ4v) is 11.6. The number of carbonyl (C=O) groups is 15. The smallest absolute Gasteiger partial charge is 0.870 e. The number of halogens is 3. The summed E-state index contributed by atoms with van der Waals surface area (Å²) < 4.78 is 74.0. The van der Waals surface area contributed by atoms with Crippen LogP contribution >= 0.6 is 0 Å². The van der Waals surface area contributed by atoms with E-state index in [0.29, 0.717) is 42.0 Å². The Balaban J connectivity index is 0.000000442. The van der Waals surface area contributed by atoms with Gasteiger partial charge < -0.3 is 49.8 Å². The monoisotopic (exact) mass is 1760 g/mol. The van der Waals surface area contributed by atoms with Gasteiger partial charge >= 0.3 is 42.9 Å². The number of aromatic nitrogens is 8. The number of hydrogen-bond acceptors (Lipinski definition) is 31. The summed E-state index contributed by atoms with van der Waals surface area (Å²) in [4.78, 5) is 241. The van der Waals surface area contributed by atoms with E-state index in [2.05, 4.69) is 66.5 Å². The second-order valence-electron chi connectivity index (χ2n) is 29.8. The largest absolute Gasteiger partial charge is 1.00 e. The predicted molar refractivity (Wildman–Crippen MR) is 437 cm³/mol. The van der Waals surface area contributed by atoms with Crippen molar-refractivity contribution in [1.82, 2.24) is 60.3 Å². The fraction of sp³-hybridized carbons (Fsp3) is 0.476. The zero-order valence-corrected chi connectivity index (χ0v) is 71.4. The van der Waals surface area contributed by atoms with Gasteiger partial charge in [0.15, 0.2) is 33.9 Å². The zero-order chi connectivity index (χ0) is 91.2. The Morgan fingerprint density at radius 2 is 0.833 bits per heavy atom. The van der Waals surface area contributed by atoms with Gasteiger partial charge in [-0.3, -0.25) is 107 Å². The molecule has 0 saturated heterocycles. The number of carbonyl (C=O) groups excluding carboxylic acids is 15. The molecule has 8 N–H and O–H groups in total. The van der Waals surface area contributed by atoms with Crippen molar-refractivity contribution >= 4 is 134 Å². The molecule has 0 fully saturated rings. The maximum atomic E-state index is 13.8. The first-order valence-electron chi connectivity index (χ1n) is 39.6. The molecule has 0 unspecified atom stereocenters. The van der Waals surface area contributed by atoms with Gasteiger partial charge in [0, 0.05) is 123 Å². The van der Waals surface area contributed by atoms with Crippen LogP contribution in [0, 0.1) is 11.8 Å². The first-order chi connectivity index (χ1) is 58.6. The summed E-state index contributed by atoms with van der Waals surface area (Å²) in [6.45, 7) is 13.7. The maximum Gasteiger partial charge on any atom is 1.00 e. The third-order valence-electron chi connectivity index (χ3n) is 18.6. The predicted octanol–water partition coefficient (Wildman–Crippen LogP) is 2.82. The van der Waals surface area contributed by atoms with E-state index in [1.54, 1.807) is 79.7 Å². The summed E-state index contributed by atoms with van der Waals surface area (Å²) in [7, 11) is 2.28. The number of imide groups is 2. The SMILES string of the molecule is COC(=O)[C@H](CCC(=O)CCCOC(C)(C)OCCCC(=O)CCN1C(=O)C=CC1=O)NC(=O)c1ccc(N(Cc2cnc3nc(NC(=O)C(C)C)[nH]c(=O)c3n2)C(=O)C(F)(F)F)cc1.COC(=O)[C@H](CCC(=O)CCCOC(C)(C)OCCCC(=O)CCN1C(=O)C=CC1=O)NC(=O)c1ccc(NCc2cnc3nc(NC(=O)C(C)C)[nH]c(=O)c3n2)cc1.[Li+].[OH-]. The number of Topliss-reactive ketones (excluding diaryl/α,β-unsaturated/α-hetero) is 4. The summed E-state index contributed by atoms with van der Waals surface area (Å²) in [5, 5.41) is 13.2. The maximum absolute atomic E-state index is 13.8. The molecule has 4 aromatic heterocycles. The van der Waals surface area contributed by atoms with E-state index in [-0.39, 0.29) is 226 Å². The van der Waals surface area contributed by atoms with Crippen molar-refractivity contribution in [1.29, 1.82) is 0 Å². The van der Waals surface area contributed by atoms with Crippen molar-refractivity contribution in [3.63, 3.8) is 0 Å². The van der Waals surface area contributed by atoms with Gasteiger partial charge in [0.25, 0.3) is 46.6 Å². The Morgan fingerprint density at radius 1 is 0.484 bits per heavy atom. The van der Waals surface area contributed by atoms with E-state index in [0.717, 1.165) is 59.5 Å². The molecule has 2 atom stereocenters. The van der Waals surface area contributed by atoms with Crippen LogP contribution in [0.4, 0.5) is 36.4 Å². The van der Waals surface area contributed by atoms with Crippen LogP contribution in [0.5, 0.6) is 0 Å². The quantitative estimate of drug-likeness (QED) is 0.00949. The Kier molecular flexibility index (Phi) is 40.8. The summed E-state index contributed by atoms with van der Waals surface area (Å²) in [6, 6.07) is 8.42. The molecule has 0 aliphatic carbocycles. The summed E-state index contributed by atoms with van der Waals surface area (Å²) >= 11 is 0. The van der Waals surface area contributed by atoms with E-state index in [1.165, 1.54) is 25.5 Å². The van der Waals surface area contributed by atoms with Crippen LogP contribution in [0.25, 0.3) is 22.3 Å². The number of nitrogens with one attached hydrogen (secondary N) is 7. The number of methoxy groups -OCH3 is 2. The van der Waals surface area contributed by atoms with Crippen LogP contribution < -0.4 is 61.5 Å².